The van der Waals surface area contributed by atoms with E-state index >= 15 is 0 Å². The number of carbonyl (C=O) groups is 1. The van der Waals surface area contributed by atoms with E-state index in [2.05, 4.69) is 28.8 Å². The second-order valence-electron chi connectivity index (χ2n) is 8.01. The van der Waals surface area contributed by atoms with E-state index in [-0.39, 0.29) is 5.92 Å². The van der Waals surface area contributed by atoms with Gasteiger partial charge in [-0.3, -0.25) is 14.5 Å². The van der Waals surface area contributed by atoms with E-state index in [0.717, 1.165) is 53.8 Å². The van der Waals surface area contributed by atoms with Crippen LogP contribution >= 0.6 is 0 Å². The molecule has 0 aromatic carbocycles. The number of likely N-dealkylation sites (tertiary alicyclic amines) is 1. The molecule has 28 heavy (non-hydrogen) atoms. The summed E-state index contributed by atoms with van der Waals surface area (Å²) in [6, 6.07) is 6.51. The summed E-state index contributed by atoms with van der Waals surface area (Å²) in [6.45, 7) is 6.45. The van der Waals surface area contributed by atoms with Gasteiger partial charge in [0.25, 0.3) is 0 Å². The van der Waals surface area contributed by atoms with Crippen molar-refractivity contribution >= 4 is 16.7 Å². The first-order valence-corrected chi connectivity index (χ1v) is 10.0. The summed E-state index contributed by atoms with van der Waals surface area (Å²) in [6.07, 6.45) is 7.87. The van der Waals surface area contributed by atoms with Crippen LogP contribution in [-0.2, 0) is 18.3 Å². The maximum atomic E-state index is 12.8. The minimum absolute atomic E-state index is 0.155. The quantitative estimate of drug-likeness (QED) is 0.683. The molecule has 6 heteroatoms. The maximum Gasteiger partial charge on any atom is 0.142 e. The lowest BCUT2D eigenvalue weighted by Crippen LogP contribution is -2.40. The van der Waals surface area contributed by atoms with E-state index in [1.165, 1.54) is 0 Å². The molecule has 4 rings (SSSR count). The first-order chi connectivity index (χ1) is 13.5. The zero-order valence-electron chi connectivity index (χ0n) is 16.8. The summed E-state index contributed by atoms with van der Waals surface area (Å²) in [7, 11) is 1.89. The molecule has 1 saturated heterocycles. The van der Waals surface area contributed by atoms with Crippen LogP contribution < -0.4 is 0 Å². The lowest BCUT2D eigenvalue weighted by Gasteiger charge is -2.33. The Morgan fingerprint density at radius 2 is 2.00 bits per heavy atom. The molecule has 0 radical (unpaired) electrons. The number of hydrogen-bond donors (Lipinski definition) is 0. The Morgan fingerprint density at radius 3 is 2.68 bits per heavy atom. The molecule has 0 spiro atoms. The molecule has 6 nitrogen and oxygen atoms in total. The van der Waals surface area contributed by atoms with Gasteiger partial charge < -0.3 is 4.90 Å². The Kier molecular flexibility index (Phi) is 5.22. The number of aromatic nitrogens is 4. The molecule has 3 aromatic rings. The third-order valence-corrected chi connectivity index (χ3v) is 5.70. The van der Waals surface area contributed by atoms with Gasteiger partial charge in [-0.15, -0.1) is 0 Å². The van der Waals surface area contributed by atoms with Gasteiger partial charge in [0.15, 0.2) is 0 Å². The topological polar surface area (TPSA) is 63.9 Å². The van der Waals surface area contributed by atoms with Crippen LogP contribution in [0.2, 0.25) is 0 Å². The monoisotopic (exact) mass is 377 g/mol. The molecular formula is C22H27N5O. The molecule has 3 aromatic heterocycles. The van der Waals surface area contributed by atoms with Crippen LogP contribution in [0, 0.1) is 5.92 Å². The van der Waals surface area contributed by atoms with Gasteiger partial charge in [-0.05, 0) is 58.0 Å². The summed E-state index contributed by atoms with van der Waals surface area (Å²) in [4.78, 5) is 24.5. The van der Waals surface area contributed by atoms with Crippen LogP contribution in [0.3, 0.4) is 0 Å². The van der Waals surface area contributed by atoms with Crippen molar-refractivity contribution in [1.82, 2.24) is 24.6 Å². The Labute approximate surface area is 165 Å². The first kappa shape index (κ1) is 18.7. The normalized spacial score (nSPS) is 16.1. The van der Waals surface area contributed by atoms with Crippen molar-refractivity contribution in [2.24, 2.45) is 13.0 Å². The lowest BCUT2D eigenvalue weighted by molar-refractivity contribution is -0.123. The third-order valence-electron chi connectivity index (χ3n) is 5.70. The number of fused-ring (bicyclic) bond motifs is 1. The molecule has 0 saturated carbocycles. The van der Waals surface area contributed by atoms with Gasteiger partial charge in [0, 0.05) is 54.5 Å². The van der Waals surface area contributed by atoms with Crippen molar-refractivity contribution in [1.29, 1.82) is 0 Å². The van der Waals surface area contributed by atoms with Crippen molar-refractivity contribution in [3.8, 4) is 11.3 Å². The minimum Gasteiger partial charge on any atom is -0.301 e. The second kappa shape index (κ2) is 7.80. The van der Waals surface area contributed by atoms with Crippen LogP contribution in [0.25, 0.3) is 22.2 Å². The molecule has 1 aliphatic rings. The van der Waals surface area contributed by atoms with E-state index in [0.29, 0.717) is 18.2 Å². The molecule has 1 aliphatic heterocycles. The fraction of sp³-hybridized carbons (Fsp3) is 0.455. The highest BCUT2D eigenvalue weighted by Crippen LogP contribution is 2.23. The number of rotatable bonds is 5. The Hall–Kier alpha value is -2.60. The number of pyridine rings is 2. The molecule has 0 atom stereocenters. The first-order valence-electron chi connectivity index (χ1n) is 10.0. The molecule has 0 unspecified atom stereocenters. The van der Waals surface area contributed by atoms with E-state index in [4.69, 9.17) is 4.98 Å². The Balaban J connectivity index is 1.49. The number of Topliss-reactive ketones (excluding diaryl/α,β-unsaturated/α-hetero) is 1. The smallest absolute Gasteiger partial charge is 0.142 e. The number of aryl methyl sites for hydroxylation is 1. The van der Waals surface area contributed by atoms with Gasteiger partial charge in [-0.25, -0.2) is 4.98 Å². The largest absolute Gasteiger partial charge is 0.301 e. The molecule has 0 aliphatic carbocycles. The summed E-state index contributed by atoms with van der Waals surface area (Å²) in [5.41, 5.74) is 3.54. The number of ketones is 1. The standard InChI is InChI=1S/C22H27N5O/c1-15(2)27-8-6-16(7-9-27)22(28)11-19-10-21-17(12-23-19)4-5-20(25-21)18-13-24-26(3)14-18/h4-5,10,12-16H,6-9,11H2,1-3H3. The van der Waals surface area contributed by atoms with Crippen LogP contribution in [-0.4, -0.2) is 49.6 Å². The number of nitrogens with zero attached hydrogens (tertiary/aromatic N) is 5. The van der Waals surface area contributed by atoms with Crippen molar-refractivity contribution in [2.75, 3.05) is 13.1 Å². The molecule has 1 fully saturated rings. The van der Waals surface area contributed by atoms with Crippen molar-refractivity contribution < 1.29 is 4.79 Å². The fourth-order valence-electron chi connectivity index (χ4n) is 3.93. The SMILES string of the molecule is CC(C)N1CCC(C(=O)Cc2cc3nc(-c4cnn(C)c4)ccc3cn2)CC1. The predicted molar refractivity (Wildman–Crippen MR) is 110 cm³/mol. The van der Waals surface area contributed by atoms with Crippen LogP contribution in [0.1, 0.15) is 32.4 Å². The summed E-state index contributed by atoms with van der Waals surface area (Å²) in [5.74, 6) is 0.459. The number of piperidine rings is 1. The van der Waals surface area contributed by atoms with Crippen molar-refractivity contribution in [2.45, 2.75) is 39.2 Å². The predicted octanol–water partition coefficient (Wildman–Crippen LogP) is 3.26. The molecule has 0 bridgehead atoms. The van der Waals surface area contributed by atoms with Gasteiger partial charge in [-0.1, -0.05) is 0 Å². The van der Waals surface area contributed by atoms with Crippen LogP contribution in [0.15, 0.2) is 36.8 Å². The van der Waals surface area contributed by atoms with Gasteiger partial charge in [0.05, 0.1) is 17.4 Å². The van der Waals surface area contributed by atoms with E-state index in [9.17, 15) is 4.79 Å². The lowest BCUT2D eigenvalue weighted by atomic mass is 9.89. The number of hydrogen-bond acceptors (Lipinski definition) is 5. The van der Waals surface area contributed by atoms with Crippen molar-refractivity contribution in [3.63, 3.8) is 0 Å². The fourth-order valence-corrected chi connectivity index (χ4v) is 3.93. The third kappa shape index (κ3) is 3.97. The highest BCUT2D eigenvalue weighted by Gasteiger charge is 2.26. The summed E-state index contributed by atoms with van der Waals surface area (Å²) < 4.78 is 1.77. The maximum absolute atomic E-state index is 12.8. The molecule has 0 amide bonds. The average Bonchev–Trinajstić information content (AvgIpc) is 3.14. The molecule has 4 heterocycles. The molecule has 0 N–H and O–H groups in total. The van der Waals surface area contributed by atoms with E-state index < -0.39 is 0 Å². The number of carbonyl (C=O) groups excluding carboxylic acids is 1. The summed E-state index contributed by atoms with van der Waals surface area (Å²) >= 11 is 0. The second-order valence-corrected chi connectivity index (χ2v) is 8.01. The Morgan fingerprint density at radius 1 is 1.21 bits per heavy atom. The molecular weight excluding hydrogens is 350 g/mol. The summed E-state index contributed by atoms with van der Waals surface area (Å²) in [5, 5.41) is 5.19. The molecule has 146 valence electrons. The highest BCUT2D eigenvalue weighted by molar-refractivity contribution is 5.85. The van der Waals surface area contributed by atoms with E-state index in [1.54, 1.807) is 4.68 Å². The highest BCUT2D eigenvalue weighted by atomic mass is 16.1. The average molecular weight is 377 g/mol. The van der Waals surface area contributed by atoms with Gasteiger partial charge in [0.1, 0.15) is 5.78 Å². The zero-order valence-corrected chi connectivity index (χ0v) is 16.8. The Bertz CT molecular complexity index is 986. The van der Waals surface area contributed by atoms with Crippen LogP contribution in [0.5, 0.6) is 0 Å². The minimum atomic E-state index is 0.155. The van der Waals surface area contributed by atoms with Gasteiger partial charge >= 0.3 is 0 Å². The zero-order chi connectivity index (χ0) is 19.7. The van der Waals surface area contributed by atoms with E-state index in [1.807, 2.05) is 43.8 Å². The van der Waals surface area contributed by atoms with Crippen molar-refractivity contribution in [3.05, 3.63) is 42.5 Å². The van der Waals surface area contributed by atoms with Gasteiger partial charge in [-0.2, -0.15) is 5.10 Å². The van der Waals surface area contributed by atoms with Crippen LogP contribution in [0.4, 0.5) is 0 Å². The van der Waals surface area contributed by atoms with Gasteiger partial charge in [0.2, 0.25) is 0 Å².